The van der Waals surface area contributed by atoms with E-state index in [4.69, 9.17) is 14.7 Å². The van der Waals surface area contributed by atoms with Gasteiger partial charge in [-0.05, 0) is 37.1 Å². The summed E-state index contributed by atoms with van der Waals surface area (Å²) < 4.78 is 11.9. The standard InChI is InChI=1S/C20H19N3O3S/c1-13-5-3-6-17-19(13)23-20(27-17)22-18(24)7-4-10-26-15-9-8-14(12-21)11-16(15)25-2/h3,5-6,8-9,11H,4,7,10H2,1-2H3,(H,22,23,24). The summed E-state index contributed by atoms with van der Waals surface area (Å²) in [6, 6.07) is 13.0. The SMILES string of the molecule is COc1cc(C#N)ccc1OCCCC(=O)Nc1nc2c(C)cccc2s1. The van der Waals surface area contributed by atoms with Gasteiger partial charge >= 0.3 is 0 Å². The minimum Gasteiger partial charge on any atom is -0.493 e. The second-order valence-electron chi connectivity index (χ2n) is 5.92. The fraction of sp³-hybridized carbons (Fsp3) is 0.250. The van der Waals surface area contributed by atoms with Crippen LogP contribution in [0.15, 0.2) is 36.4 Å². The van der Waals surface area contributed by atoms with Gasteiger partial charge in [0.25, 0.3) is 0 Å². The lowest BCUT2D eigenvalue weighted by atomic mass is 10.2. The first-order valence-corrected chi connectivity index (χ1v) is 9.29. The molecule has 0 atom stereocenters. The number of anilines is 1. The lowest BCUT2D eigenvalue weighted by Gasteiger charge is -2.10. The molecule has 0 fully saturated rings. The van der Waals surface area contributed by atoms with Gasteiger partial charge in [0.1, 0.15) is 0 Å². The van der Waals surface area contributed by atoms with Crippen LogP contribution in [0.25, 0.3) is 10.2 Å². The number of nitriles is 1. The third-order valence-corrected chi connectivity index (χ3v) is 4.90. The van der Waals surface area contributed by atoms with Crippen LogP contribution in [0.2, 0.25) is 0 Å². The summed E-state index contributed by atoms with van der Waals surface area (Å²) >= 11 is 1.47. The van der Waals surface area contributed by atoms with Crippen LogP contribution in [-0.4, -0.2) is 24.6 Å². The maximum Gasteiger partial charge on any atom is 0.226 e. The van der Waals surface area contributed by atoms with Gasteiger partial charge in [0.05, 0.1) is 35.6 Å². The van der Waals surface area contributed by atoms with Crippen molar-refractivity contribution in [1.82, 2.24) is 4.98 Å². The van der Waals surface area contributed by atoms with E-state index in [9.17, 15) is 4.79 Å². The average molecular weight is 381 g/mol. The summed E-state index contributed by atoms with van der Waals surface area (Å²) in [4.78, 5) is 16.6. The number of carbonyl (C=O) groups is 1. The van der Waals surface area contributed by atoms with Gasteiger partial charge < -0.3 is 14.8 Å². The van der Waals surface area contributed by atoms with Gasteiger partial charge in [-0.15, -0.1) is 0 Å². The van der Waals surface area contributed by atoms with E-state index in [1.165, 1.54) is 18.4 Å². The van der Waals surface area contributed by atoms with Crippen molar-refractivity contribution in [3.8, 4) is 17.6 Å². The molecular weight excluding hydrogens is 362 g/mol. The number of nitrogens with zero attached hydrogens (tertiary/aromatic N) is 2. The molecule has 0 bridgehead atoms. The third kappa shape index (κ3) is 4.54. The van der Waals surface area contributed by atoms with Crippen molar-refractivity contribution in [2.75, 3.05) is 19.0 Å². The Hall–Kier alpha value is -3.11. The number of hydrogen-bond acceptors (Lipinski definition) is 6. The van der Waals surface area contributed by atoms with E-state index in [-0.39, 0.29) is 5.91 Å². The lowest BCUT2D eigenvalue weighted by Crippen LogP contribution is -2.12. The highest BCUT2D eigenvalue weighted by molar-refractivity contribution is 7.22. The molecule has 138 valence electrons. The van der Waals surface area contributed by atoms with Gasteiger partial charge in [-0.25, -0.2) is 4.98 Å². The van der Waals surface area contributed by atoms with Crippen LogP contribution in [0.1, 0.15) is 24.0 Å². The van der Waals surface area contributed by atoms with Crippen molar-refractivity contribution in [1.29, 1.82) is 5.26 Å². The van der Waals surface area contributed by atoms with Crippen LogP contribution in [0, 0.1) is 18.3 Å². The van der Waals surface area contributed by atoms with E-state index in [1.807, 2.05) is 25.1 Å². The van der Waals surface area contributed by atoms with Crippen LogP contribution in [0.4, 0.5) is 5.13 Å². The molecule has 3 aromatic rings. The number of fused-ring (bicyclic) bond motifs is 1. The van der Waals surface area contributed by atoms with Crippen LogP contribution >= 0.6 is 11.3 Å². The Morgan fingerprint density at radius 1 is 1.30 bits per heavy atom. The molecule has 0 spiro atoms. The fourth-order valence-corrected chi connectivity index (χ4v) is 3.55. The number of amides is 1. The van der Waals surface area contributed by atoms with Crippen molar-refractivity contribution < 1.29 is 14.3 Å². The number of para-hydroxylation sites is 1. The molecule has 0 unspecified atom stereocenters. The highest BCUT2D eigenvalue weighted by atomic mass is 32.1. The molecule has 0 aliphatic carbocycles. The Kier molecular flexibility index (Phi) is 5.89. The zero-order valence-electron chi connectivity index (χ0n) is 15.1. The van der Waals surface area contributed by atoms with Gasteiger partial charge in [-0.3, -0.25) is 4.79 Å². The molecule has 6 nitrogen and oxygen atoms in total. The van der Waals surface area contributed by atoms with Gasteiger partial charge in [0, 0.05) is 12.5 Å². The number of benzene rings is 2. The molecule has 27 heavy (non-hydrogen) atoms. The van der Waals surface area contributed by atoms with Gasteiger partial charge in [0.2, 0.25) is 5.91 Å². The van der Waals surface area contributed by atoms with E-state index in [0.29, 0.717) is 41.6 Å². The maximum absolute atomic E-state index is 12.1. The normalized spacial score (nSPS) is 10.4. The summed E-state index contributed by atoms with van der Waals surface area (Å²) in [5.41, 5.74) is 2.52. The lowest BCUT2D eigenvalue weighted by molar-refractivity contribution is -0.116. The molecule has 0 saturated carbocycles. The zero-order chi connectivity index (χ0) is 19.2. The van der Waals surface area contributed by atoms with Gasteiger partial charge in [-0.2, -0.15) is 5.26 Å². The Morgan fingerprint density at radius 3 is 2.89 bits per heavy atom. The van der Waals surface area contributed by atoms with Crippen molar-refractivity contribution in [2.24, 2.45) is 0 Å². The molecule has 2 aromatic carbocycles. The third-order valence-electron chi connectivity index (χ3n) is 3.97. The summed E-state index contributed by atoms with van der Waals surface area (Å²) in [6.07, 6.45) is 0.881. The smallest absolute Gasteiger partial charge is 0.226 e. The number of rotatable bonds is 7. The first-order valence-electron chi connectivity index (χ1n) is 8.47. The largest absolute Gasteiger partial charge is 0.493 e. The van der Waals surface area contributed by atoms with Crippen LogP contribution in [-0.2, 0) is 4.79 Å². The topological polar surface area (TPSA) is 84.2 Å². The fourth-order valence-electron chi connectivity index (χ4n) is 2.59. The number of thiazole rings is 1. The van der Waals surface area contributed by atoms with Gasteiger partial charge in [-0.1, -0.05) is 23.5 Å². The number of hydrogen-bond donors (Lipinski definition) is 1. The maximum atomic E-state index is 12.1. The van der Waals surface area contributed by atoms with Crippen molar-refractivity contribution >= 4 is 32.6 Å². The second kappa shape index (κ2) is 8.52. The average Bonchev–Trinajstić information content (AvgIpc) is 3.09. The first kappa shape index (κ1) is 18.7. The molecule has 0 aliphatic heterocycles. The van der Waals surface area contributed by atoms with E-state index in [2.05, 4.69) is 16.4 Å². The first-order chi connectivity index (χ1) is 13.1. The number of nitrogens with one attached hydrogen (secondary N) is 1. The molecule has 1 N–H and O–H groups in total. The van der Waals surface area contributed by atoms with E-state index in [1.54, 1.807) is 18.2 Å². The molecule has 1 aromatic heterocycles. The van der Waals surface area contributed by atoms with Gasteiger partial charge in [0.15, 0.2) is 16.6 Å². The predicted molar refractivity (Wildman–Crippen MR) is 105 cm³/mol. The number of carbonyl (C=O) groups excluding carboxylic acids is 1. The Morgan fingerprint density at radius 2 is 2.15 bits per heavy atom. The molecule has 1 amide bonds. The Labute approximate surface area is 161 Å². The van der Waals surface area contributed by atoms with Crippen molar-refractivity contribution in [3.05, 3.63) is 47.5 Å². The monoisotopic (exact) mass is 381 g/mol. The zero-order valence-corrected chi connectivity index (χ0v) is 15.9. The number of aryl methyl sites for hydroxylation is 1. The Balaban J connectivity index is 1.50. The summed E-state index contributed by atoms with van der Waals surface area (Å²) in [7, 11) is 1.52. The van der Waals surface area contributed by atoms with Crippen molar-refractivity contribution in [3.63, 3.8) is 0 Å². The molecular formula is C20H19N3O3S. The molecule has 1 heterocycles. The number of methoxy groups -OCH3 is 1. The van der Waals surface area contributed by atoms with Crippen LogP contribution in [0.5, 0.6) is 11.5 Å². The quantitative estimate of drug-likeness (QED) is 0.618. The van der Waals surface area contributed by atoms with E-state index < -0.39 is 0 Å². The predicted octanol–water partition coefficient (Wildman–Crippen LogP) is 4.28. The summed E-state index contributed by atoms with van der Waals surface area (Å²) in [5.74, 6) is 0.962. The molecule has 0 aliphatic rings. The number of ether oxygens (including phenoxy) is 2. The summed E-state index contributed by atoms with van der Waals surface area (Å²) in [5, 5.41) is 12.4. The Bertz CT molecular complexity index is 1010. The molecule has 0 radical (unpaired) electrons. The summed E-state index contributed by atoms with van der Waals surface area (Å²) in [6.45, 7) is 2.37. The van der Waals surface area contributed by atoms with Crippen molar-refractivity contribution in [2.45, 2.75) is 19.8 Å². The highest BCUT2D eigenvalue weighted by Crippen LogP contribution is 2.29. The number of aromatic nitrogens is 1. The minimum absolute atomic E-state index is 0.0953. The molecule has 0 saturated heterocycles. The van der Waals surface area contributed by atoms with Crippen LogP contribution < -0.4 is 14.8 Å². The minimum atomic E-state index is -0.0953. The highest BCUT2D eigenvalue weighted by Gasteiger charge is 2.10. The molecule has 7 heteroatoms. The van der Waals surface area contributed by atoms with E-state index >= 15 is 0 Å². The van der Waals surface area contributed by atoms with E-state index in [0.717, 1.165) is 15.8 Å². The van der Waals surface area contributed by atoms with Crippen LogP contribution in [0.3, 0.4) is 0 Å². The molecule has 3 rings (SSSR count). The second-order valence-corrected chi connectivity index (χ2v) is 6.95.